The third-order valence-corrected chi connectivity index (χ3v) is 7.11. The maximum atomic E-state index is 13.6. The number of benzene rings is 1. The Bertz CT molecular complexity index is 1010. The standard InChI is InChI=1S/C21H28FN3O3S/c1-14-9-10-17(11-19(14)22)12-23-20(26)13-29(27,28)21-24-15(2)16(3)25(21)18-7-5-4-6-8-18/h9-11,18H,4-8,12-13H2,1-3H3,(H,23,26). The van der Waals surface area contributed by atoms with E-state index in [0.29, 0.717) is 16.8 Å². The van der Waals surface area contributed by atoms with Crippen molar-refractivity contribution in [3.05, 3.63) is 46.5 Å². The van der Waals surface area contributed by atoms with Crippen LogP contribution in [0.4, 0.5) is 4.39 Å². The van der Waals surface area contributed by atoms with E-state index in [4.69, 9.17) is 0 Å². The number of carbonyl (C=O) groups excluding carboxylic acids is 1. The molecule has 1 N–H and O–H groups in total. The minimum Gasteiger partial charge on any atom is -0.351 e. The molecular weight excluding hydrogens is 393 g/mol. The van der Waals surface area contributed by atoms with Gasteiger partial charge in [0, 0.05) is 18.3 Å². The Morgan fingerprint density at radius 3 is 2.55 bits per heavy atom. The summed E-state index contributed by atoms with van der Waals surface area (Å²) in [5, 5.41) is 2.55. The molecule has 0 bridgehead atoms. The van der Waals surface area contributed by atoms with Crippen molar-refractivity contribution in [3.63, 3.8) is 0 Å². The molecule has 1 fully saturated rings. The van der Waals surface area contributed by atoms with Crippen LogP contribution in [0.25, 0.3) is 0 Å². The summed E-state index contributed by atoms with van der Waals surface area (Å²) >= 11 is 0. The molecule has 1 amide bonds. The van der Waals surface area contributed by atoms with E-state index in [0.717, 1.165) is 37.8 Å². The van der Waals surface area contributed by atoms with Crippen LogP contribution in [-0.4, -0.2) is 29.6 Å². The highest BCUT2D eigenvalue weighted by atomic mass is 32.2. The first kappa shape index (κ1) is 21.5. The maximum absolute atomic E-state index is 13.6. The number of carbonyl (C=O) groups is 1. The van der Waals surface area contributed by atoms with Gasteiger partial charge in [0.05, 0.1) is 5.69 Å². The first-order valence-electron chi connectivity index (χ1n) is 9.99. The highest BCUT2D eigenvalue weighted by molar-refractivity contribution is 7.92. The maximum Gasteiger partial charge on any atom is 0.235 e. The minimum absolute atomic E-state index is 0.0177. The first-order valence-corrected chi connectivity index (χ1v) is 11.6. The molecule has 1 heterocycles. The molecule has 0 saturated heterocycles. The van der Waals surface area contributed by atoms with E-state index in [1.54, 1.807) is 26.0 Å². The summed E-state index contributed by atoms with van der Waals surface area (Å²) in [6, 6.07) is 4.77. The van der Waals surface area contributed by atoms with Crippen molar-refractivity contribution < 1.29 is 17.6 Å². The molecule has 0 unspecified atom stereocenters. The number of amides is 1. The molecule has 6 nitrogen and oxygen atoms in total. The molecule has 1 aromatic carbocycles. The summed E-state index contributed by atoms with van der Waals surface area (Å²) < 4.78 is 41.4. The van der Waals surface area contributed by atoms with Crippen molar-refractivity contribution >= 4 is 15.7 Å². The van der Waals surface area contributed by atoms with Gasteiger partial charge in [0.1, 0.15) is 11.6 Å². The molecule has 158 valence electrons. The average molecular weight is 422 g/mol. The summed E-state index contributed by atoms with van der Waals surface area (Å²) in [5.74, 6) is -1.66. The lowest BCUT2D eigenvalue weighted by Gasteiger charge is -2.26. The summed E-state index contributed by atoms with van der Waals surface area (Å²) in [7, 11) is -3.89. The topological polar surface area (TPSA) is 81.1 Å². The zero-order valence-electron chi connectivity index (χ0n) is 17.2. The Balaban J connectivity index is 1.74. The fraction of sp³-hybridized carbons (Fsp3) is 0.524. The van der Waals surface area contributed by atoms with Crippen LogP contribution in [0.15, 0.2) is 23.4 Å². The molecule has 8 heteroatoms. The van der Waals surface area contributed by atoms with Crippen molar-refractivity contribution in [1.82, 2.24) is 14.9 Å². The third-order valence-electron chi connectivity index (χ3n) is 5.62. The monoisotopic (exact) mass is 421 g/mol. The Labute approximate surface area is 171 Å². The molecule has 1 aromatic heterocycles. The predicted octanol–water partition coefficient (Wildman–Crippen LogP) is 3.54. The van der Waals surface area contributed by atoms with Crippen molar-refractivity contribution in [2.24, 2.45) is 0 Å². The largest absolute Gasteiger partial charge is 0.351 e. The summed E-state index contributed by atoms with van der Waals surface area (Å²) in [6.45, 7) is 5.39. The number of hydrogen-bond donors (Lipinski definition) is 1. The number of imidazole rings is 1. The summed E-state index contributed by atoms with van der Waals surface area (Å²) in [6.07, 6.45) is 5.13. The number of hydrogen-bond acceptors (Lipinski definition) is 4. The highest BCUT2D eigenvalue weighted by Gasteiger charge is 2.30. The van der Waals surface area contributed by atoms with Gasteiger partial charge in [0.25, 0.3) is 0 Å². The zero-order valence-corrected chi connectivity index (χ0v) is 18.0. The normalized spacial score (nSPS) is 15.4. The number of nitrogens with one attached hydrogen (secondary N) is 1. The van der Waals surface area contributed by atoms with Crippen LogP contribution in [-0.2, 0) is 21.2 Å². The highest BCUT2D eigenvalue weighted by Crippen LogP contribution is 2.32. The van der Waals surface area contributed by atoms with E-state index in [2.05, 4.69) is 10.3 Å². The molecule has 3 rings (SSSR count). The number of nitrogens with zero attached hydrogens (tertiary/aromatic N) is 2. The van der Waals surface area contributed by atoms with Crippen LogP contribution in [0, 0.1) is 26.6 Å². The van der Waals surface area contributed by atoms with Crippen molar-refractivity contribution in [3.8, 4) is 0 Å². The van der Waals surface area contributed by atoms with Gasteiger partial charge >= 0.3 is 0 Å². The van der Waals surface area contributed by atoms with E-state index in [1.807, 2.05) is 11.5 Å². The van der Waals surface area contributed by atoms with E-state index in [-0.39, 0.29) is 23.6 Å². The molecule has 1 aliphatic rings. The number of aromatic nitrogens is 2. The molecule has 0 aliphatic heterocycles. The van der Waals surface area contributed by atoms with Gasteiger partial charge in [0.2, 0.25) is 20.9 Å². The van der Waals surface area contributed by atoms with Crippen LogP contribution < -0.4 is 5.32 Å². The van der Waals surface area contributed by atoms with Crippen LogP contribution in [0.1, 0.15) is 60.7 Å². The van der Waals surface area contributed by atoms with Gasteiger partial charge in [-0.2, -0.15) is 0 Å². The Hall–Kier alpha value is -2.22. The van der Waals surface area contributed by atoms with E-state index in [9.17, 15) is 17.6 Å². The van der Waals surface area contributed by atoms with Gasteiger partial charge in [-0.1, -0.05) is 31.4 Å². The second-order valence-electron chi connectivity index (χ2n) is 7.85. The molecule has 1 aliphatic carbocycles. The lowest BCUT2D eigenvalue weighted by atomic mass is 9.95. The fourth-order valence-corrected chi connectivity index (χ4v) is 5.26. The number of aryl methyl sites for hydroxylation is 2. The zero-order chi connectivity index (χ0) is 21.2. The van der Waals surface area contributed by atoms with Gasteiger partial charge in [-0.15, -0.1) is 0 Å². The quantitative estimate of drug-likeness (QED) is 0.774. The lowest BCUT2D eigenvalue weighted by molar-refractivity contribution is -0.118. The van der Waals surface area contributed by atoms with Crippen LogP contribution >= 0.6 is 0 Å². The van der Waals surface area contributed by atoms with Gasteiger partial charge in [-0.25, -0.2) is 17.8 Å². The van der Waals surface area contributed by atoms with Gasteiger partial charge < -0.3 is 9.88 Å². The average Bonchev–Trinajstić information content (AvgIpc) is 2.99. The summed E-state index contributed by atoms with van der Waals surface area (Å²) in [4.78, 5) is 16.6. The molecule has 1 saturated carbocycles. The van der Waals surface area contributed by atoms with Gasteiger partial charge in [0.15, 0.2) is 0 Å². The van der Waals surface area contributed by atoms with Gasteiger partial charge in [-0.05, 0) is 50.8 Å². The SMILES string of the molecule is Cc1ccc(CNC(=O)CS(=O)(=O)c2nc(C)c(C)n2C2CCCCC2)cc1F. The fourth-order valence-electron chi connectivity index (χ4n) is 3.82. The number of halogens is 1. The lowest BCUT2D eigenvalue weighted by Crippen LogP contribution is -2.31. The molecule has 2 aromatic rings. The number of sulfone groups is 1. The summed E-state index contributed by atoms with van der Waals surface area (Å²) in [5.41, 5.74) is 2.60. The van der Waals surface area contributed by atoms with Gasteiger partial charge in [-0.3, -0.25) is 4.79 Å². The Kier molecular flexibility index (Phi) is 6.41. The molecule has 29 heavy (non-hydrogen) atoms. The predicted molar refractivity (Wildman–Crippen MR) is 109 cm³/mol. The molecular formula is C21H28FN3O3S. The smallest absolute Gasteiger partial charge is 0.235 e. The Morgan fingerprint density at radius 1 is 1.21 bits per heavy atom. The second kappa shape index (κ2) is 8.65. The molecule has 0 radical (unpaired) electrons. The van der Waals surface area contributed by atoms with Crippen molar-refractivity contribution in [2.75, 3.05) is 5.75 Å². The molecule has 0 spiro atoms. The first-order chi connectivity index (χ1) is 13.7. The second-order valence-corrected chi connectivity index (χ2v) is 9.73. The van der Waals surface area contributed by atoms with Crippen LogP contribution in [0.3, 0.4) is 0 Å². The van der Waals surface area contributed by atoms with Crippen molar-refractivity contribution in [2.45, 2.75) is 70.6 Å². The van der Waals surface area contributed by atoms with Crippen LogP contribution in [0.2, 0.25) is 0 Å². The number of rotatable bonds is 6. The van der Waals surface area contributed by atoms with E-state index in [1.165, 1.54) is 6.07 Å². The minimum atomic E-state index is -3.89. The van der Waals surface area contributed by atoms with E-state index < -0.39 is 21.5 Å². The molecule has 0 atom stereocenters. The van der Waals surface area contributed by atoms with Crippen molar-refractivity contribution in [1.29, 1.82) is 0 Å². The third kappa shape index (κ3) is 4.86. The Morgan fingerprint density at radius 2 is 1.90 bits per heavy atom. The van der Waals surface area contributed by atoms with Crippen LogP contribution in [0.5, 0.6) is 0 Å². The van der Waals surface area contributed by atoms with E-state index >= 15 is 0 Å².